The lowest BCUT2D eigenvalue weighted by Gasteiger charge is -2.12. The highest BCUT2D eigenvalue weighted by Crippen LogP contribution is 2.31. The molecule has 0 spiro atoms. The van der Waals surface area contributed by atoms with Gasteiger partial charge in [0.2, 0.25) is 5.91 Å². The number of nitrogens with one attached hydrogen (secondary N) is 1. The number of hydrogen-bond donors (Lipinski definition) is 1. The van der Waals surface area contributed by atoms with Gasteiger partial charge in [-0.05, 0) is 53.4 Å². The molecule has 140 valence electrons. The SMILES string of the molecule is O=C(CCc1cccs1)NCCN1C(=O)S/C(=C\c2ccc(F)cc2)C1=O. The lowest BCUT2D eigenvalue weighted by molar-refractivity contribution is -0.124. The minimum absolute atomic E-state index is 0.114. The number of rotatable bonds is 7. The molecule has 1 aromatic carbocycles. The Bertz CT molecular complexity index is 864. The van der Waals surface area contributed by atoms with Crippen molar-refractivity contribution in [3.05, 3.63) is 62.9 Å². The van der Waals surface area contributed by atoms with E-state index in [0.29, 0.717) is 18.4 Å². The molecule has 1 aliphatic heterocycles. The molecule has 1 fully saturated rings. The van der Waals surface area contributed by atoms with Gasteiger partial charge in [-0.3, -0.25) is 19.3 Å². The highest BCUT2D eigenvalue weighted by molar-refractivity contribution is 8.18. The summed E-state index contributed by atoms with van der Waals surface area (Å²) in [6, 6.07) is 9.58. The van der Waals surface area contributed by atoms with Crippen LogP contribution in [0.4, 0.5) is 9.18 Å². The minimum atomic E-state index is -0.401. The molecule has 0 radical (unpaired) electrons. The fourth-order valence-electron chi connectivity index (χ4n) is 2.49. The van der Waals surface area contributed by atoms with Gasteiger partial charge in [-0.1, -0.05) is 18.2 Å². The Hall–Kier alpha value is -2.45. The van der Waals surface area contributed by atoms with Crippen LogP contribution < -0.4 is 5.32 Å². The number of aryl methyl sites for hydroxylation is 1. The number of carbonyl (C=O) groups is 3. The first-order chi connectivity index (χ1) is 13.0. The number of amides is 3. The topological polar surface area (TPSA) is 66.5 Å². The fraction of sp³-hybridized carbons (Fsp3) is 0.211. The van der Waals surface area contributed by atoms with Crippen molar-refractivity contribution in [1.82, 2.24) is 10.2 Å². The number of hydrogen-bond acceptors (Lipinski definition) is 5. The van der Waals surface area contributed by atoms with Gasteiger partial charge in [0.15, 0.2) is 0 Å². The summed E-state index contributed by atoms with van der Waals surface area (Å²) in [6.45, 7) is 0.335. The summed E-state index contributed by atoms with van der Waals surface area (Å²) >= 11 is 2.45. The van der Waals surface area contributed by atoms with E-state index < -0.39 is 5.91 Å². The van der Waals surface area contributed by atoms with Gasteiger partial charge in [0, 0.05) is 24.4 Å². The monoisotopic (exact) mass is 404 g/mol. The number of thiophene rings is 1. The maximum absolute atomic E-state index is 13.0. The smallest absolute Gasteiger partial charge is 0.293 e. The van der Waals surface area contributed by atoms with Crippen LogP contribution in [0.2, 0.25) is 0 Å². The van der Waals surface area contributed by atoms with Crippen LogP contribution in [-0.2, 0) is 16.0 Å². The maximum atomic E-state index is 13.0. The summed E-state index contributed by atoms with van der Waals surface area (Å²) in [5.74, 6) is -0.880. The molecule has 1 aliphatic rings. The molecule has 0 unspecified atom stereocenters. The average molecular weight is 404 g/mol. The second-order valence-electron chi connectivity index (χ2n) is 5.81. The van der Waals surface area contributed by atoms with Crippen LogP contribution in [0.1, 0.15) is 16.9 Å². The quantitative estimate of drug-likeness (QED) is 0.715. The van der Waals surface area contributed by atoms with Crippen molar-refractivity contribution < 1.29 is 18.8 Å². The molecule has 0 saturated carbocycles. The van der Waals surface area contributed by atoms with Gasteiger partial charge in [-0.15, -0.1) is 11.3 Å². The number of thioether (sulfide) groups is 1. The van der Waals surface area contributed by atoms with Crippen molar-refractivity contribution in [2.75, 3.05) is 13.1 Å². The van der Waals surface area contributed by atoms with Crippen LogP contribution in [0.3, 0.4) is 0 Å². The van der Waals surface area contributed by atoms with Gasteiger partial charge in [-0.25, -0.2) is 4.39 Å². The fourth-order valence-corrected chi connectivity index (χ4v) is 4.06. The molecule has 2 aromatic rings. The first kappa shape index (κ1) is 19.3. The van der Waals surface area contributed by atoms with Gasteiger partial charge in [0.05, 0.1) is 4.91 Å². The first-order valence-corrected chi connectivity index (χ1v) is 10.0. The molecule has 1 aromatic heterocycles. The molecule has 5 nitrogen and oxygen atoms in total. The van der Waals surface area contributed by atoms with Crippen molar-refractivity contribution in [2.24, 2.45) is 0 Å². The van der Waals surface area contributed by atoms with Crippen LogP contribution in [0.15, 0.2) is 46.7 Å². The van der Waals surface area contributed by atoms with E-state index in [-0.39, 0.29) is 35.0 Å². The molecular weight excluding hydrogens is 387 g/mol. The summed E-state index contributed by atoms with van der Waals surface area (Å²) in [7, 11) is 0. The molecule has 3 rings (SSSR count). The summed E-state index contributed by atoms with van der Waals surface area (Å²) in [5, 5.41) is 4.32. The standard InChI is InChI=1S/C19H17FN2O3S2/c20-14-5-3-13(4-6-14)12-16-18(24)22(19(25)27-16)10-9-21-17(23)8-7-15-2-1-11-26-15/h1-6,11-12H,7-10H2,(H,21,23)/b16-12-. The van der Waals surface area contributed by atoms with E-state index in [1.54, 1.807) is 17.4 Å². The van der Waals surface area contributed by atoms with E-state index in [9.17, 15) is 18.8 Å². The van der Waals surface area contributed by atoms with Crippen LogP contribution in [0.5, 0.6) is 0 Å². The van der Waals surface area contributed by atoms with E-state index in [1.807, 2.05) is 17.5 Å². The van der Waals surface area contributed by atoms with Crippen molar-refractivity contribution >= 4 is 46.2 Å². The van der Waals surface area contributed by atoms with Crippen LogP contribution in [0.25, 0.3) is 6.08 Å². The molecule has 0 atom stereocenters. The van der Waals surface area contributed by atoms with E-state index in [1.165, 1.54) is 24.3 Å². The zero-order valence-electron chi connectivity index (χ0n) is 14.3. The molecular formula is C19H17FN2O3S2. The van der Waals surface area contributed by atoms with Crippen molar-refractivity contribution in [3.63, 3.8) is 0 Å². The molecule has 27 heavy (non-hydrogen) atoms. The second kappa shape index (κ2) is 8.96. The third-order valence-electron chi connectivity index (χ3n) is 3.88. The predicted octanol–water partition coefficient (Wildman–Crippen LogP) is 3.67. The Morgan fingerprint density at radius 1 is 1.19 bits per heavy atom. The molecule has 0 bridgehead atoms. The Labute approximate surface area is 164 Å². The van der Waals surface area contributed by atoms with Gasteiger partial charge in [0.25, 0.3) is 11.1 Å². The van der Waals surface area contributed by atoms with Gasteiger partial charge >= 0.3 is 0 Å². The molecule has 1 saturated heterocycles. The van der Waals surface area contributed by atoms with E-state index in [0.717, 1.165) is 21.5 Å². The number of halogens is 1. The molecule has 1 N–H and O–H groups in total. The van der Waals surface area contributed by atoms with E-state index in [4.69, 9.17) is 0 Å². The van der Waals surface area contributed by atoms with Gasteiger partial charge in [-0.2, -0.15) is 0 Å². The number of carbonyl (C=O) groups excluding carboxylic acids is 3. The van der Waals surface area contributed by atoms with Crippen LogP contribution in [0, 0.1) is 5.82 Å². The number of nitrogens with zero attached hydrogens (tertiary/aromatic N) is 1. The first-order valence-electron chi connectivity index (χ1n) is 8.33. The van der Waals surface area contributed by atoms with Gasteiger partial charge in [0.1, 0.15) is 5.82 Å². The van der Waals surface area contributed by atoms with Crippen molar-refractivity contribution in [3.8, 4) is 0 Å². The summed E-state index contributed by atoms with van der Waals surface area (Å²) in [5.41, 5.74) is 0.642. The zero-order chi connectivity index (χ0) is 19.2. The number of benzene rings is 1. The van der Waals surface area contributed by atoms with Crippen LogP contribution >= 0.6 is 23.1 Å². The maximum Gasteiger partial charge on any atom is 0.293 e. The van der Waals surface area contributed by atoms with Crippen molar-refractivity contribution in [2.45, 2.75) is 12.8 Å². The average Bonchev–Trinajstić information content (AvgIpc) is 3.26. The highest BCUT2D eigenvalue weighted by Gasteiger charge is 2.34. The van der Waals surface area contributed by atoms with E-state index >= 15 is 0 Å². The predicted molar refractivity (Wildman–Crippen MR) is 105 cm³/mol. The molecule has 2 heterocycles. The Morgan fingerprint density at radius 3 is 2.67 bits per heavy atom. The zero-order valence-corrected chi connectivity index (χ0v) is 15.9. The largest absolute Gasteiger partial charge is 0.354 e. The third kappa shape index (κ3) is 5.27. The van der Waals surface area contributed by atoms with Gasteiger partial charge < -0.3 is 5.32 Å². The lowest BCUT2D eigenvalue weighted by Crippen LogP contribution is -2.37. The Morgan fingerprint density at radius 2 is 1.96 bits per heavy atom. The molecule has 3 amide bonds. The second-order valence-corrected chi connectivity index (χ2v) is 7.84. The molecule has 0 aliphatic carbocycles. The van der Waals surface area contributed by atoms with Crippen molar-refractivity contribution in [1.29, 1.82) is 0 Å². The third-order valence-corrected chi connectivity index (χ3v) is 5.72. The number of imide groups is 1. The molecule has 8 heteroatoms. The minimum Gasteiger partial charge on any atom is -0.354 e. The highest BCUT2D eigenvalue weighted by atomic mass is 32.2. The normalized spacial score (nSPS) is 15.6. The van der Waals surface area contributed by atoms with E-state index in [2.05, 4.69) is 5.32 Å². The Balaban J connectivity index is 1.48. The summed E-state index contributed by atoms with van der Waals surface area (Å²) in [4.78, 5) is 38.8. The summed E-state index contributed by atoms with van der Waals surface area (Å²) in [6.07, 6.45) is 2.60. The Kier molecular flexibility index (Phi) is 6.41. The summed E-state index contributed by atoms with van der Waals surface area (Å²) < 4.78 is 13.0. The van der Waals surface area contributed by atoms with Crippen LogP contribution in [-0.4, -0.2) is 35.0 Å². The lowest BCUT2D eigenvalue weighted by atomic mass is 10.2.